The maximum Gasteiger partial charge on any atom is 0.251 e. The van der Waals surface area contributed by atoms with E-state index in [2.05, 4.69) is 17.1 Å². The first-order valence-electron chi connectivity index (χ1n) is 10.3. The molecule has 0 atom stereocenters. The summed E-state index contributed by atoms with van der Waals surface area (Å²) in [5.74, 6) is 1.42. The Hall–Kier alpha value is -1.40. The van der Waals surface area contributed by atoms with E-state index in [0.29, 0.717) is 27.9 Å². The van der Waals surface area contributed by atoms with Gasteiger partial charge in [0.1, 0.15) is 5.75 Å². The average Bonchev–Trinajstić information content (AvgIpc) is 2.75. The number of ether oxygens (including phenoxy) is 1. The average molecular weight is 467 g/mol. The first-order chi connectivity index (χ1) is 14.5. The van der Waals surface area contributed by atoms with Crippen LogP contribution in [0.1, 0.15) is 47.7 Å². The van der Waals surface area contributed by atoms with Crippen LogP contribution in [0.25, 0.3) is 0 Å². The summed E-state index contributed by atoms with van der Waals surface area (Å²) in [5, 5.41) is 4.21. The van der Waals surface area contributed by atoms with Gasteiger partial charge in [-0.2, -0.15) is 0 Å². The van der Waals surface area contributed by atoms with Crippen molar-refractivity contribution in [3.8, 4) is 5.75 Å². The lowest BCUT2D eigenvalue weighted by Crippen LogP contribution is -2.29. The molecule has 1 heterocycles. The summed E-state index contributed by atoms with van der Waals surface area (Å²) in [4.78, 5) is 16.3. The second-order valence-electron chi connectivity index (χ2n) is 7.34. The van der Waals surface area contributed by atoms with Gasteiger partial charge in [-0.05, 0) is 67.6 Å². The molecule has 0 aliphatic carbocycles. The molecule has 0 aromatic heterocycles. The number of methoxy groups -OCH3 is 1. The number of carbonyl (C=O) groups excluding carboxylic acids is 1. The smallest absolute Gasteiger partial charge is 0.251 e. The Morgan fingerprint density at radius 3 is 2.63 bits per heavy atom. The summed E-state index contributed by atoms with van der Waals surface area (Å²) < 4.78 is 5.58. The first kappa shape index (κ1) is 23.3. The van der Waals surface area contributed by atoms with Gasteiger partial charge in [-0.1, -0.05) is 36.5 Å². The number of rotatable bonds is 8. The van der Waals surface area contributed by atoms with Gasteiger partial charge < -0.3 is 10.1 Å². The molecule has 1 aliphatic rings. The maximum absolute atomic E-state index is 12.8. The number of hydrogen-bond donors (Lipinski definition) is 1. The van der Waals surface area contributed by atoms with Crippen LogP contribution in [-0.2, 0) is 13.1 Å². The Bertz CT molecular complexity index is 886. The highest BCUT2D eigenvalue weighted by Crippen LogP contribution is 2.31. The third-order valence-corrected chi connectivity index (χ3v) is 6.80. The molecular formula is C23H28Cl2N2O2S. The number of halogens is 2. The molecule has 1 fully saturated rings. The van der Waals surface area contributed by atoms with Crippen molar-refractivity contribution in [2.75, 3.05) is 26.0 Å². The zero-order chi connectivity index (χ0) is 21.5. The van der Waals surface area contributed by atoms with Gasteiger partial charge in [-0.15, -0.1) is 11.8 Å². The Morgan fingerprint density at radius 1 is 1.17 bits per heavy atom. The second-order valence-corrected chi connectivity index (χ2v) is 9.49. The van der Waals surface area contributed by atoms with Crippen LogP contribution in [0.2, 0.25) is 10.0 Å². The Kier molecular flexibility index (Phi) is 8.75. The van der Waals surface area contributed by atoms with Gasteiger partial charge >= 0.3 is 0 Å². The van der Waals surface area contributed by atoms with Gasteiger partial charge in [0.05, 0.1) is 7.11 Å². The van der Waals surface area contributed by atoms with Crippen LogP contribution in [0.4, 0.5) is 0 Å². The Labute approximate surface area is 193 Å². The van der Waals surface area contributed by atoms with Crippen LogP contribution in [-0.4, -0.2) is 36.8 Å². The van der Waals surface area contributed by atoms with Gasteiger partial charge in [-0.3, -0.25) is 9.69 Å². The lowest BCUT2D eigenvalue weighted by atomic mass is 10.1. The predicted octanol–water partition coefficient (Wildman–Crippen LogP) is 6.03. The van der Waals surface area contributed by atoms with Crippen molar-refractivity contribution in [1.29, 1.82) is 0 Å². The van der Waals surface area contributed by atoms with E-state index >= 15 is 0 Å². The molecule has 2 aromatic rings. The summed E-state index contributed by atoms with van der Waals surface area (Å²) >= 11 is 14.5. The minimum atomic E-state index is -0.188. The van der Waals surface area contributed by atoms with E-state index in [1.807, 2.05) is 18.2 Å². The van der Waals surface area contributed by atoms with Crippen molar-refractivity contribution >= 4 is 40.9 Å². The normalized spacial score (nSPS) is 14.5. The number of amides is 1. The molecule has 1 saturated heterocycles. The van der Waals surface area contributed by atoms with Crippen LogP contribution in [0.15, 0.2) is 35.2 Å². The fourth-order valence-corrected chi connectivity index (χ4v) is 4.94. The molecule has 1 N–H and O–H groups in total. The highest BCUT2D eigenvalue weighted by atomic mass is 35.5. The molecule has 3 rings (SSSR count). The monoisotopic (exact) mass is 466 g/mol. The summed E-state index contributed by atoms with van der Waals surface area (Å²) in [7, 11) is 1.62. The van der Waals surface area contributed by atoms with Crippen LogP contribution >= 0.6 is 35.0 Å². The van der Waals surface area contributed by atoms with E-state index in [9.17, 15) is 4.79 Å². The third kappa shape index (κ3) is 6.07. The predicted molar refractivity (Wildman–Crippen MR) is 126 cm³/mol. The number of nitrogens with one attached hydrogen (secondary N) is 1. The quantitative estimate of drug-likeness (QED) is 0.482. The molecule has 162 valence electrons. The van der Waals surface area contributed by atoms with Crippen LogP contribution in [0.3, 0.4) is 0 Å². The summed E-state index contributed by atoms with van der Waals surface area (Å²) in [6.45, 7) is 5.38. The summed E-state index contributed by atoms with van der Waals surface area (Å²) in [6, 6.07) is 9.28. The van der Waals surface area contributed by atoms with Gasteiger partial charge in [-0.25, -0.2) is 0 Å². The Morgan fingerprint density at radius 2 is 1.93 bits per heavy atom. The number of thioether (sulfide) groups is 1. The van der Waals surface area contributed by atoms with Crippen molar-refractivity contribution < 1.29 is 9.53 Å². The molecule has 0 radical (unpaired) electrons. The number of carbonyl (C=O) groups is 1. The highest BCUT2D eigenvalue weighted by Gasteiger charge is 2.19. The van der Waals surface area contributed by atoms with Crippen LogP contribution < -0.4 is 10.1 Å². The topological polar surface area (TPSA) is 41.6 Å². The molecule has 0 spiro atoms. The molecule has 7 heteroatoms. The van der Waals surface area contributed by atoms with E-state index in [4.69, 9.17) is 27.9 Å². The summed E-state index contributed by atoms with van der Waals surface area (Å²) in [5.41, 5.74) is 2.43. The number of nitrogens with zero attached hydrogens (tertiary/aromatic N) is 1. The molecule has 2 aromatic carbocycles. The maximum atomic E-state index is 12.8. The summed E-state index contributed by atoms with van der Waals surface area (Å²) in [6.07, 6.45) is 3.70. The SMILES string of the molecule is CCSc1ccc(Cl)cc1CNC(=O)c1cc(Cl)c(CN2CCCCC2)c(OC)c1. The van der Waals surface area contributed by atoms with Gasteiger partial charge in [0.2, 0.25) is 0 Å². The van der Waals surface area contributed by atoms with Crippen molar-refractivity contribution in [2.45, 2.75) is 44.2 Å². The molecule has 4 nitrogen and oxygen atoms in total. The second kappa shape index (κ2) is 11.3. The molecule has 0 bridgehead atoms. The van der Waals surface area contributed by atoms with Crippen molar-refractivity contribution in [3.63, 3.8) is 0 Å². The minimum Gasteiger partial charge on any atom is -0.496 e. The lowest BCUT2D eigenvalue weighted by molar-refractivity contribution is 0.0950. The first-order valence-corrected chi connectivity index (χ1v) is 12.0. The number of likely N-dealkylation sites (tertiary alicyclic amines) is 1. The van der Waals surface area contributed by atoms with Crippen molar-refractivity contribution in [2.24, 2.45) is 0 Å². The zero-order valence-corrected chi connectivity index (χ0v) is 19.8. The number of hydrogen-bond acceptors (Lipinski definition) is 4. The Balaban J connectivity index is 1.73. The molecule has 0 unspecified atom stereocenters. The van der Waals surface area contributed by atoms with E-state index in [0.717, 1.165) is 41.4 Å². The minimum absolute atomic E-state index is 0.188. The molecule has 1 aliphatic heterocycles. The van der Waals surface area contributed by atoms with Crippen LogP contribution in [0.5, 0.6) is 5.75 Å². The molecule has 30 heavy (non-hydrogen) atoms. The third-order valence-electron chi connectivity index (χ3n) is 5.23. The van der Waals surface area contributed by atoms with Crippen molar-refractivity contribution in [3.05, 3.63) is 57.1 Å². The molecule has 1 amide bonds. The van der Waals surface area contributed by atoms with E-state index in [1.54, 1.807) is 31.0 Å². The fraction of sp³-hybridized carbons (Fsp3) is 0.435. The van der Waals surface area contributed by atoms with E-state index in [-0.39, 0.29) is 5.91 Å². The van der Waals surface area contributed by atoms with E-state index in [1.165, 1.54) is 19.3 Å². The van der Waals surface area contributed by atoms with Gasteiger partial charge in [0.15, 0.2) is 0 Å². The lowest BCUT2D eigenvalue weighted by Gasteiger charge is -2.27. The molecular weight excluding hydrogens is 439 g/mol. The molecule has 0 saturated carbocycles. The van der Waals surface area contributed by atoms with Gasteiger partial charge in [0.25, 0.3) is 5.91 Å². The number of benzene rings is 2. The van der Waals surface area contributed by atoms with E-state index < -0.39 is 0 Å². The van der Waals surface area contributed by atoms with Gasteiger partial charge in [0, 0.05) is 39.2 Å². The fourth-order valence-electron chi connectivity index (χ4n) is 3.68. The largest absolute Gasteiger partial charge is 0.496 e. The highest BCUT2D eigenvalue weighted by molar-refractivity contribution is 7.99. The standard InChI is InChI=1S/C23H28Cl2N2O2S/c1-3-30-22-8-7-18(24)11-17(22)14-26-23(28)16-12-20(25)19(21(13-16)29-2)15-27-9-5-4-6-10-27/h7-8,11-13H,3-6,9-10,14-15H2,1-2H3,(H,26,28). The van der Waals surface area contributed by atoms with Crippen molar-refractivity contribution in [1.82, 2.24) is 10.2 Å². The van der Waals surface area contributed by atoms with Crippen LogP contribution in [0, 0.1) is 0 Å². The zero-order valence-electron chi connectivity index (χ0n) is 17.5. The number of piperidine rings is 1.